The maximum absolute atomic E-state index is 12.6. The standard InChI is InChI=1S/C16H28O3/c1-3-18-14-11-8-12-16(14,15(17)19-4-2)13-9-6-5-7-10-13/h13-14H,3-12H2,1-2H3. The first-order valence-corrected chi connectivity index (χ1v) is 8.04. The molecule has 2 aliphatic carbocycles. The van der Waals surface area contributed by atoms with Gasteiger partial charge < -0.3 is 9.47 Å². The van der Waals surface area contributed by atoms with Crippen molar-refractivity contribution in [2.75, 3.05) is 13.2 Å². The number of ether oxygens (including phenoxy) is 2. The Morgan fingerprint density at radius 1 is 1.05 bits per heavy atom. The summed E-state index contributed by atoms with van der Waals surface area (Å²) < 4.78 is 11.4. The normalized spacial score (nSPS) is 32.4. The topological polar surface area (TPSA) is 35.5 Å². The molecular weight excluding hydrogens is 240 g/mol. The highest BCUT2D eigenvalue weighted by Crippen LogP contribution is 2.51. The lowest BCUT2D eigenvalue weighted by molar-refractivity contribution is -0.171. The van der Waals surface area contributed by atoms with Crippen molar-refractivity contribution in [1.29, 1.82) is 0 Å². The van der Waals surface area contributed by atoms with Gasteiger partial charge in [-0.25, -0.2) is 0 Å². The molecule has 3 nitrogen and oxygen atoms in total. The second kappa shape index (κ2) is 6.74. The van der Waals surface area contributed by atoms with Gasteiger partial charge in [0.15, 0.2) is 0 Å². The van der Waals surface area contributed by atoms with Gasteiger partial charge in [0, 0.05) is 6.61 Å². The Kier molecular flexibility index (Phi) is 5.26. The van der Waals surface area contributed by atoms with Crippen LogP contribution in [0, 0.1) is 11.3 Å². The van der Waals surface area contributed by atoms with Gasteiger partial charge in [-0.1, -0.05) is 19.3 Å². The van der Waals surface area contributed by atoms with Gasteiger partial charge in [-0.3, -0.25) is 4.79 Å². The van der Waals surface area contributed by atoms with Crippen LogP contribution in [0.25, 0.3) is 0 Å². The molecule has 0 bridgehead atoms. The Bertz CT molecular complexity index is 296. The molecule has 0 aromatic heterocycles. The van der Waals surface area contributed by atoms with Crippen LogP contribution >= 0.6 is 0 Å². The zero-order chi connectivity index (χ0) is 13.7. The summed E-state index contributed by atoms with van der Waals surface area (Å²) in [7, 11) is 0. The van der Waals surface area contributed by atoms with Crippen molar-refractivity contribution in [1.82, 2.24) is 0 Å². The molecule has 3 heteroatoms. The van der Waals surface area contributed by atoms with Gasteiger partial charge in [-0.2, -0.15) is 0 Å². The van der Waals surface area contributed by atoms with Crippen LogP contribution in [0.5, 0.6) is 0 Å². The first kappa shape index (κ1) is 14.8. The minimum absolute atomic E-state index is 0.0119. The number of rotatable bonds is 5. The van der Waals surface area contributed by atoms with E-state index in [0.29, 0.717) is 19.1 Å². The molecule has 2 unspecified atom stereocenters. The van der Waals surface area contributed by atoms with E-state index in [1.807, 2.05) is 13.8 Å². The van der Waals surface area contributed by atoms with Gasteiger partial charge in [0.05, 0.1) is 18.1 Å². The fraction of sp³-hybridized carbons (Fsp3) is 0.938. The smallest absolute Gasteiger partial charge is 0.314 e. The first-order chi connectivity index (χ1) is 9.25. The van der Waals surface area contributed by atoms with Gasteiger partial charge in [0.2, 0.25) is 0 Å². The van der Waals surface area contributed by atoms with Gasteiger partial charge in [-0.15, -0.1) is 0 Å². The molecule has 0 amide bonds. The minimum Gasteiger partial charge on any atom is -0.465 e. The molecule has 0 aliphatic heterocycles. The number of hydrogen-bond acceptors (Lipinski definition) is 3. The summed E-state index contributed by atoms with van der Waals surface area (Å²) in [6.07, 6.45) is 9.32. The SMILES string of the molecule is CCOC(=O)C1(C2CCCCC2)CCCC1OCC. The predicted molar refractivity (Wildman–Crippen MR) is 74.9 cm³/mol. The highest BCUT2D eigenvalue weighted by atomic mass is 16.5. The molecule has 0 aromatic carbocycles. The largest absolute Gasteiger partial charge is 0.465 e. The lowest BCUT2D eigenvalue weighted by Crippen LogP contribution is -2.47. The molecule has 2 saturated carbocycles. The minimum atomic E-state index is -0.341. The van der Waals surface area contributed by atoms with Gasteiger partial charge >= 0.3 is 5.97 Å². The molecule has 2 rings (SSSR count). The first-order valence-electron chi connectivity index (χ1n) is 8.04. The Morgan fingerprint density at radius 2 is 1.79 bits per heavy atom. The van der Waals surface area contributed by atoms with Crippen molar-refractivity contribution in [3.05, 3.63) is 0 Å². The summed E-state index contributed by atoms with van der Waals surface area (Å²) in [4.78, 5) is 12.6. The third-order valence-corrected chi connectivity index (χ3v) is 4.99. The van der Waals surface area contributed by atoms with Gasteiger partial charge in [0.1, 0.15) is 0 Å². The molecule has 0 radical (unpaired) electrons. The lowest BCUT2D eigenvalue weighted by Gasteiger charge is -2.41. The average molecular weight is 268 g/mol. The molecular formula is C16H28O3. The fourth-order valence-corrected chi connectivity index (χ4v) is 4.18. The molecule has 19 heavy (non-hydrogen) atoms. The van der Waals surface area contributed by atoms with E-state index in [1.54, 1.807) is 0 Å². The third-order valence-electron chi connectivity index (χ3n) is 4.99. The molecule has 0 aromatic rings. The second-order valence-corrected chi connectivity index (χ2v) is 5.93. The summed E-state index contributed by atoms with van der Waals surface area (Å²) in [5.74, 6) is 0.484. The Hall–Kier alpha value is -0.570. The summed E-state index contributed by atoms with van der Waals surface area (Å²) in [6.45, 7) is 5.09. The van der Waals surface area contributed by atoms with Crippen molar-refractivity contribution in [3.8, 4) is 0 Å². The van der Waals surface area contributed by atoms with E-state index in [1.165, 1.54) is 32.1 Å². The van der Waals surface area contributed by atoms with E-state index in [-0.39, 0.29) is 17.5 Å². The number of esters is 1. The van der Waals surface area contributed by atoms with Crippen LogP contribution in [0.3, 0.4) is 0 Å². The van der Waals surface area contributed by atoms with Crippen molar-refractivity contribution < 1.29 is 14.3 Å². The van der Waals surface area contributed by atoms with E-state index in [2.05, 4.69) is 0 Å². The van der Waals surface area contributed by atoms with Crippen molar-refractivity contribution in [2.24, 2.45) is 11.3 Å². The van der Waals surface area contributed by atoms with Crippen LogP contribution in [0.2, 0.25) is 0 Å². The maximum Gasteiger partial charge on any atom is 0.314 e. The molecule has 2 fully saturated rings. The average Bonchev–Trinajstić information content (AvgIpc) is 2.85. The Labute approximate surface area is 117 Å². The molecule has 110 valence electrons. The number of carbonyl (C=O) groups is 1. The Balaban J connectivity index is 2.22. The number of carbonyl (C=O) groups excluding carboxylic acids is 1. The zero-order valence-electron chi connectivity index (χ0n) is 12.5. The monoisotopic (exact) mass is 268 g/mol. The summed E-state index contributed by atoms with van der Waals surface area (Å²) >= 11 is 0. The van der Waals surface area contributed by atoms with Crippen LogP contribution in [-0.4, -0.2) is 25.3 Å². The second-order valence-electron chi connectivity index (χ2n) is 5.93. The van der Waals surface area contributed by atoms with E-state index < -0.39 is 0 Å². The fourth-order valence-electron chi connectivity index (χ4n) is 4.18. The van der Waals surface area contributed by atoms with Crippen LogP contribution in [0.1, 0.15) is 65.2 Å². The highest BCUT2D eigenvalue weighted by Gasteiger charge is 2.55. The van der Waals surface area contributed by atoms with E-state index >= 15 is 0 Å². The van der Waals surface area contributed by atoms with Gasteiger partial charge in [0.25, 0.3) is 0 Å². The maximum atomic E-state index is 12.6. The zero-order valence-corrected chi connectivity index (χ0v) is 12.5. The molecule has 2 aliphatic rings. The summed E-state index contributed by atoms with van der Waals surface area (Å²) in [5.41, 5.74) is -0.341. The highest BCUT2D eigenvalue weighted by molar-refractivity contribution is 5.78. The van der Waals surface area contributed by atoms with E-state index in [4.69, 9.17) is 9.47 Å². The molecule has 0 heterocycles. The van der Waals surface area contributed by atoms with Crippen molar-refractivity contribution >= 4 is 5.97 Å². The summed E-state index contributed by atoms with van der Waals surface area (Å²) in [5, 5.41) is 0. The third kappa shape index (κ3) is 2.81. The lowest BCUT2D eigenvalue weighted by atomic mass is 9.66. The van der Waals surface area contributed by atoms with Gasteiger partial charge in [-0.05, 0) is 51.9 Å². The molecule has 0 N–H and O–H groups in total. The predicted octanol–water partition coefficient (Wildman–Crippen LogP) is 3.71. The van der Waals surface area contributed by atoms with Crippen molar-refractivity contribution in [2.45, 2.75) is 71.3 Å². The van der Waals surface area contributed by atoms with Crippen LogP contribution in [0.4, 0.5) is 0 Å². The summed E-state index contributed by atoms with van der Waals surface area (Å²) in [6, 6.07) is 0. The van der Waals surface area contributed by atoms with Crippen LogP contribution in [0.15, 0.2) is 0 Å². The molecule has 0 spiro atoms. The molecule has 2 atom stereocenters. The Morgan fingerprint density at radius 3 is 2.42 bits per heavy atom. The van der Waals surface area contributed by atoms with E-state index in [0.717, 1.165) is 19.3 Å². The van der Waals surface area contributed by atoms with E-state index in [9.17, 15) is 4.79 Å². The number of hydrogen-bond donors (Lipinski definition) is 0. The quantitative estimate of drug-likeness (QED) is 0.713. The van der Waals surface area contributed by atoms with Crippen LogP contribution < -0.4 is 0 Å². The van der Waals surface area contributed by atoms with Crippen molar-refractivity contribution in [3.63, 3.8) is 0 Å². The van der Waals surface area contributed by atoms with Crippen LogP contribution in [-0.2, 0) is 14.3 Å². The molecule has 0 saturated heterocycles.